The Morgan fingerprint density at radius 2 is 1.88 bits per heavy atom. The molecule has 0 amide bonds. The molecule has 1 heterocycles. The van der Waals surface area contributed by atoms with E-state index in [0.29, 0.717) is 12.3 Å². The lowest BCUT2D eigenvalue weighted by Crippen LogP contribution is -2.03. The predicted molar refractivity (Wildman–Crippen MR) is 63.7 cm³/mol. The molecule has 88 valence electrons. The maximum Gasteiger partial charge on any atom is 0.341 e. The van der Waals surface area contributed by atoms with Gasteiger partial charge in [0.05, 0.1) is 11.4 Å². The molecule has 0 bridgehead atoms. The molecular weight excluding hydrogens is 216 g/mol. The van der Waals surface area contributed by atoms with Crippen LogP contribution in [0, 0.1) is 13.8 Å². The van der Waals surface area contributed by atoms with Crippen molar-refractivity contribution in [2.24, 2.45) is 5.73 Å². The second-order valence-corrected chi connectivity index (χ2v) is 3.68. The number of para-hydroxylation sites is 1. The van der Waals surface area contributed by atoms with Crippen molar-refractivity contribution < 1.29 is 4.74 Å². The highest BCUT2D eigenvalue weighted by molar-refractivity contribution is 5.34. The number of hydrogen-bond acceptors (Lipinski definition) is 5. The minimum atomic E-state index is 0.244. The number of aromatic nitrogens is 3. The van der Waals surface area contributed by atoms with Crippen LogP contribution in [0.1, 0.15) is 17.0 Å². The van der Waals surface area contributed by atoms with E-state index in [-0.39, 0.29) is 6.01 Å². The van der Waals surface area contributed by atoms with Crippen molar-refractivity contribution in [3.05, 3.63) is 41.2 Å². The first-order chi connectivity index (χ1) is 8.20. The highest BCUT2D eigenvalue weighted by Gasteiger charge is 2.06. The average Bonchev–Trinajstić information content (AvgIpc) is 2.34. The van der Waals surface area contributed by atoms with E-state index in [1.165, 1.54) is 0 Å². The second-order valence-electron chi connectivity index (χ2n) is 3.68. The van der Waals surface area contributed by atoms with Crippen molar-refractivity contribution in [1.82, 2.24) is 15.2 Å². The van der Waals surface area contributed by atoms with Crippen molar-refractivity contribution in [3.63, 3.8) is 0 Å². The highest BCUT2D eigenvalue weighted by atomic mass is 16.5. The SMILES string of the molecule is Cc1nnc(Oc2ccccc2CN)nc1C. The molecule has 0 aliphatic heterocycles. The van der Waals surface area contributed by atoms with Crippen molar-refractivity contribution in [1.29, 1.82) is 0 Å². The van der Waals surface area contributed by atoms with E-state index in [1.54, 1.807) is 0 Å². The molecule has 0 fully saturated rings. The maximum atomic E-state index is 5.62. The van der Waals surface area contributed by atoms with Gasteiger partial charge in [-0.25, -0.2) is 0 Å². The van der Waals surface area contributed by atoms with Crippen LogP contribution in [0.4, 0.5) is 0 Å². The van der Waals surface area contributed by atoms with Crippen LogP contribution in [0.2, 0.25) is 0 Å². The lowest BCUT2D eigenvalue weighted by Gasteiger charge is -2.08. The fourth-order valence-electron chi connectivity index (χ4n) is 1.35. The van der Waals surface area contributed by atoms with Gasteiger partial charge in [-0.1, -0.05) is 23.3 Å². The first-order valence-electron chi connectivity index (χ1n) is 5.34. The van der Waals surface area contributed by atoms with Gasteiger partial charge in [0.1, 0.15) is 5.75 Å². The van der Waals surface area contributed by atoms with Crippen molar-refractivity contribution in [3.8, 4) is 11.8 Å². The van der Waals surface area contributed by atoms with Crippen molar-refractivity contribution >= 4 is 0 Å². The Morgan fingerprint density at radius 3 is 2.59 bits per heavy atom. The highest BCUT2D eigenvalue weighted by Crippen LogP contribution is 2.22. The average molecular weight is 230 g/mol. The van der Waals surface area contributed by atoms with E-state index in [2.05, 4.69) is 15.2 Å². The standard InChI is InChI=1S/C12H14N4O/c1-8-9(2)15-16-12(14-8)17-11-6-4-3-5-10(11)7-13/h3-6H,7,13H2,1-2H3. The molecule has 17 heavy (non-hydrogen) atoms. The van der Waals surface area contributed by atoms with Gasteiger partial charge in [0.2, 0.25) is 0 Å². The summed E-state index contributed by atoms with van der Waals surface area (Å²) in [6, 6.07) is 7.77. The summed E-state index contributed by atoms with van der Waals surface area (Å²) in [6.45, 7) is 4.13. The lowest BCUT2D eigenvalue weighted by molar-refractivity contribution is 0.425. The summed E-state index contributed by atoms with van der Waals surface area (Å²) < 4.78 is 5.57. The Kier molecular flexibility index (Phi) is 3.30. The van der Waals surface area contributed by atoms with Gasteiger partial charge in [0.15, 0.2) is 0 Å². The first kappa shape index (κ1) is 11.5. The van der Waals surface area contributed by atoms with Crippen LogP contribution in [0.25, 0.3) is 0 Å². The minimum Gasteiger partial charge on any atom is -0.423 e. The number of nitrogens with two attached hydrogens (primary N) is 1. The second kappa shape index (κ2) is 4.88. The minimum absolute atomic E-state index is 0.244. The van der Waals surface area contributed by atoms with Crippen LogP contribution >= 0.6 is 0 Å². The number of benzene rings is 1. The number of nitrogens with zero attached hydrogens (tertiary/aromatic N) is 3. The molecule has 5 nitrogen and oxygen atoms in total. The Balaban J connectivity index is 2.28. The van der Waals surface area contributed by atoms with E-state index >= 15 is 0 Å². The van der Waals surface area contributed by atoms with Gasteiger partial charge in [-0.05, 0) is 19.9 Å². The summed E-state index contributed by atoms with van der Waals surface area (Å²) in [5.41, 5.74) is 8.13. The largest absolute Gasteiger partial charge is 0.423 e. The fourth-order valence-corrected chi connectivity index (χ4v) is 1.35. The number of ether oxygens (including phenoxy) is 1. The zero-order valence-corrected chi connectivity index (χ0v) is 9.84. The van der Waals surface area contributed by atoms with Crippen molar-refractivity contribution in [2.75, 3.05) is 0 Å². The monoisotopic (exact) mass is 230 g/mol. The van der Waals surface area contributed by atoms with Gasteiger partial charge >= 0.3 is 6.01 Å². The summed E-state index contributed by atoms with van der Waals surface area (Å²) in [5, 5.41) is 7.85. The first-order valence-corrected chi connectivity index (χ1v) is 5.34. The molecule has 0 aliphatic rings. The number of rotatable bonds is 3. The van der Waals surface area contributed by atoms with Crippen LogP contribution in [0.15, 0.2) is 24.3 Å². The molecule has 0 aliphatic carbocycles. The fraction of sp³-hybridized carbons (Fsp3) is 0.250. The molecule has 0 atom stereocenters. The van der Waals surface area contributed by atoms with Crippen LogP contribution < -0.4 is 10.5 Å². The quantitative estimate of drug-likeness (QED) is 0.869. The Morgan fingerprint density at radius 1 is 1.12 bits per heavy atom. The molecule has 0 radical (unpaired) electrons. The predicted octanol–water partition coefficient (Wildman–Crippen LogP) is 1.74. The Labute approximate surface area is 99.7 Å². The molecule has 0 spiro atoms. The molecule has 2 aromatic rings. The molecule has 2 rings (SSSR count). The summed E-state index contributed by atoms with van der Waals surface area (Å²) in [4.78, 5) is 4.21. The Hall–Kier alpha value is -2.01. The van der Waals surface area contributed by atoms with Crippen LogP contribution in [0.3, 0.4) is 0 Å². The molecule has 2 N–H and O–H groups in total. The summed E-state index contributed by atoms with van der Waals surface area (Å²) >= 11 is 0. The third-order valence-corrected chi connectivity index (χ3v) is 2.47. The molecular formula is C12H14N4O. The number of aryl methyl sites for hydroxylation is 2. The normalized spacial score (nSPS) is 10.3. The summed E-state index contributed by atoms with van der Waals surface area (Å²) in [5.74, 6) is 0.667. The van der Waals surface area contributed by atoms with Gasteiger partial charge in [0.25, 0.3) is 0 Å². The van der Waals surface area contributed by atoms with E-state index in [4.69, 9.17) is 10.5 Å². The van der Waals surface area contributed by atoms with Crippen LogP contribution in [-0.2, 0) is 6.54 Å². The van der Waals surface area contributed by atoms with Gasteiger partial charge in [0, 0.05) is 12.1 Å². The van der Waals surface area contributed by atoms with Crippen LogP contribution in [0.5, 0.6) is 11.8 Å². The topological polar surface area (TPSA) is 73.9 Å². The van der Waals surface area contributed by atoms with Crippen molar-refractivity contribution in [2.45, 2.75) is 20.4 Å². The van der Waals surface area contributed by atoms with E-state index in [1.807, 2.05) is 38.1 Å². The van der Waals surface area contributed by atoms with Gasteiger partial charge in [-0.3, -0.25) is 0 Å². The number of hydrogen-bond donors (Lipinski definition) is 1. The van der Waals surface area contributed by atoms with E-state index in [9.17, 15) is 0 Å². The molecule has 5 heteroatoms. The maximum absolute atomic E-state index is 5.62. The molecule has 0 saturated heterocycles. The zero-order valence-electron chi connectivity index (χ0n) is 9.84. The van der Waals surface area contributed by atoms with E-state index in [0.717, 1.165) is 17.0 Å². The molecule has 1 aromatic heterocycles. The summed E-state index contributed by atoms with van der Waals surface area (Å²) in [7, 11) is 0. The van der Waals surface area contributed by atoms with E-state index < -0.39 is 0 Å². The van der Waals surface area contributed by atoms with Gasteiger partial charge in [-0.2, -0.15) is 4.98 Å². The zero-order chi connectivity index (χ0) is 12.3. The van der Waals surface area contributed by atoms with Gasteiger partial charge in [-0.15, -0.1) is 5.10 Å². The van der Waals surface area contributed by atoms with Crippen LogP contribution in [-0.4, -0.2) is 15.2 Å². The lowest BCUT2D eigenvalue weighted by atomic mass is 10.2. The third kappa shape index (κ3) is 2.57. The van der Waals surface area contributed by atoms with Gasteiger partial charge < -0.3 is 10.5 Å². The Bertz CT molecular complexity index is 528. The smallest absolute Gasteiger partial charge is 0.341 e. The molecule has 0 saturated carbocycles. The third-order valence-electron chi connectivity index (χ3n) is 2.47. The summed E-state index contributed by atoms with van der Waals surface area (Å²) in [6.07, 6.45) is 0. The molecule has 0 unspecified atom stereocenters. The molecule has 1 aromatic carbocycles.